The molecule has 1 aromatic carbocycles. The second-order valence-electron chi connectivity index (χ2n) is 6.40. The molecule has 0 amide bonds. The highest BCUT2D eigenvalue weighted by Crippen LogP contribution is 2.26. The summed E-state index contributed by atoms with van der Waals surface area (Å²) in [6, 6.07) is 10.8. The van der Waals surface area contributed by atoms with Crippen LogP contribution in [0.4, 0.5) is 0 Å². The zero-order valence-corrected chi connectivity index (χ0v) is 16.2. The fraction of sp³-hybridized carbons (Fsp3) is 0.222. The van der Waals surface area contributed by atoms with Crippen LogP contribution in [0.25, 0.3) is 5.69 Å². The van der Waals surface area contributed by atoms with Crippen molar-refractivity contribution in [2.75, 3.05) is 14.1 Å². The van der Waals surface area contributed by atoms with Gasteiger partial charge < -0.3 is 0 Å². The average Bonchev–Trinajstić information content (AvgIpc) is 2.83. The second-order valence-corrected chi connectivity index (χ2v) is 7.20. The molecule has 0 aliphatic carbocycles. The number of aliphatic imine (C=N–C) groups is 1. The van der Waals surface area contributed by atoms with Crippen molar-refractivity contribution in [2.45, 2.75) is 13.2 Å². The van der Waals surface area contributed by atoms with Crippen LogP contribution in [-0.4, -0.2) is 44.0 Å². The molecule has 7 nitrogen and oxygen atoms in total. The Morgan fingerprint density at radius 2 is 1.93 bits per heavy atom. The summed E-state index contributed by atoms with van der Waals surface area (Å²) in [4.78, 5) is 24.0. The van der Waals surface area contributed by atoms with Crippen LogP contribution in [-0.2, 0) is 13.2 Å². The molecule has 138 valence electrons. The molecule has 0 N–H and O–H groups in total. The highest BCUT2D eigenvalue weighted by Gasteiger charge is 2.25. The molecule has 0 spiro atoms. The van der Waals surface area contributed by atoms with Crippen LogP contribution in [0.5, 0.6) is 0 Å². The minimum atomic E-state index is -0.250. The van der Waals surface area contributed by atoms with Crippen molar-refractivity contribution in [3.05, 3.63) is 74.1 Å². The summed E-state index contributed by atoms with van der Waals surface area (Å²) >= 11 is 12.5. The SMILES string of the molecule is CN(C)Cn1nc2n(c1=O)-c1ccc(Cl)nc1C(c1ccccc1Cl)=NC2. The Kier molecular flexibility index (Phi) is 4.59. The largest absolute Gasteiger partial charge is 0.351 e. The molecule has 0 unspecified atom stereocenters. The quantitative estimate of drug-likeness (QED) is 0.631. The number of benzene rings is 1. The molecule has 0 bridgehead atoms. The van der Waals surface area contributed by atoms with Gasteiger partial charge in [-0.05, 0) is 32.3 Å². The molecule has 0 saturated carbocycles. The Hall–Kier alpha value is -2.48. The number of pyridine rings is 1. The van der Waals surface area contributed by atoms with Crippen molar-refractivity contribution >= 4 is 28.9 Å². The van der Waals surface area contributed by atoms with Crippen LogP contribution >= 0.6 is 23.2 Å². The van der Waals surface area contributed by atoms with E-state index in [0.29, 0.717) is 39.8 Å². The fourth-order valence-electron chi connectivity index (χ4n) is 3.03. The van der Waals surface area contributed by atoms with E-state index >= 15 is 0 Å². The van der Waals surface area contributed by atoms with Gasteiger partial charge in [0.15, 0.2) is 5.82 Å². The Morgan fingerprint density at radius 1 is 1.15 bits per heavy atom. The summed E-state index contributed by atoms with van der Waals surface area (Å²) in [5.41, 5.74) is 2.15. The second kappa shape index (κ2) is 6.92. The summed E-state index contributed by atoms with van der Waals surface area (Å²) in [6.07, 6.45) is 0. The molecular formula is C18H16Cl2N6O. The number of fused-ring (bicyclic) bond motifs is 3. The van der Waals surface area contributed by atoms with E-state index in [2.05, 4.69) is 15.1 Å². The lowest BCUT2D eigenvalue weighted by Crippen LogP contribution is -2.30. The molecule has 4 rings (SSSR count). The number of hydrogen-bond acceptors (Lipinski definition) is 5. The lowest BCUT2D eigenvalue weighted by atomic mass is 10.1. The van der Waals surface area contributed by atoms with E-state index in [4.69, 9.17) is 23.2 Å². The Bertz CT molecular complexity index is 1120. The molecule has 2 aromatic heterocycles. The first-order chi connectivity index (χ1) is 13.0. The van der Waals surface area contributed by atoms with Crippen LogP contribution in [0.2, 0.25) is 10.2 Å². The molecule has 9 heteroatoms. The smallest absolute Gasteiger partial charge is 0.290 e. The van der Waals surface area contributed by atoms with E-state index in [1.807, 2.05) is 37.2 Å². The third-order valence-corrected chi connectivity index (χ3v) is 4.68. The molecular weight excluding hydrogens is 387 g/mol. The van der Waals surface area contributed by atoms with Gasteiger partial charge in [-0.15, -0.1) is 0 Å². The number of hydrogen-bond donors (Lipinski definition) is 0. The van der Waals surface area contributed by atoms with E-state index in [1.54, 1.807) is 18.2 Å². The Morgan fingerprint density at radius 3 is 2.67 bits per heavy atom. The lowest BCUT2D eigenvalue weighted by Gasteiger charge is -2.11. The highest BCUT2D eigenvalue weighted by atomic mass is 35.5. The number of aromatic nitrogens is 4. The van der Waals surface area contributed by atoms with Crippen molar-refractivity contribution in [1.82, 2.24) is 24.2 Å². The normalized spacial score (nSPS) is 13.1. The number of halogens is 2. The van der Waals surface area contributed by atoms with Crippen LogP contribution in [0, 0.1) is 0 Å². The molecule has 1 aliphatic heterocycles. The van der Waals surface area contributed by atoms with Gasteiger partial charge >= 0.3 is 5.69 Å². The molecule has 0 atom stereocenters. The van der Waals surface area contributed by atoms with E-state index in [0.717, 1.165) is 5.56 Å². The average molecular weight is 403 g/mol. The van der Waals surface area contributed by atoms with E-state index in [-0.39, 0.29) is 12.2 Å². The van der Waals surface area contributed by atoms with E-state index < -0.39 is 0 Å². The first-order valence-electron chi connectivity index (χ1n) is 8.26. The van der Waals surface area contributed by atoms with Crippen molar-refractivity contribution < 1.29 is 0 Å². The zero-order chi connectivity index (χ0) is 19.1. The van der Waals surface area contributed by atoms with Gasteiger partial charge in [-0.25, -0.2) is 14.3 Å². The van der Waals surface area contributed by atoms with Crippen LogP contribution in [0.3, 0.4) is 0 Å². The minimum absolute atomic E-state index is 0.226. The molecule has 0 radical (unpaired) electrons. The maximum atomic E-state index is 13.0. The predicted molar refractivity (Wildman–Crippen MR) is 105 cm³/mol. The molecule has 3 aromatic rings. The lowest BCUT2D eigenvalue weighted by molar-refractivity contribution is 0.300. The van der Waals surface area contributed by atoms with Gasteiger partial charge in [0.25, 0.3) is 0 Å². The maximum Gasteiger partial charge on any atom is 0.351 e. The summed E-state index contributed by atoms with van der Waals surface area (Å²) in [5, 5.41) is 5.31. The summed E-state index contributed by atoms with van der Waals surface area (Å²) in [7, 11) is 3.75. The Labute approximate surface area is 165 Å². The van der Waals surface area contributed by atoms with Crippen molar-refractivity contribution in [3.63, 3.8) is 0 Å². The van der Waals surface area contributed by atoms with E-state index in [1.165, 1.54) is 9.25 Å². The summed E-state index contributed by atoms with van der Waals surface area (Å²) in [6.45, 7) is 0.598. The third-order valence-electron chi connectivity index (χ3n) is 4.14. The van der Waals surface area contributed by atoms with Crippen LogP contribution in [0.15, 0.2) is 46.2 Å². The van der Waals surface area contributed by atoms with Gasteiger partial charge in [0.2, 0.25) is 0 Å². The number of nitrogens with zero attached hydrogens (tertiary/aromatic N) is 6. The first-order valence-corrected chi connectivity index (χ1v) is 9.01. The van der Waals surface area contributed by atoms with E-state index in [9.17, 15) is 4.79 Å². The van der Waals surface area contributed by atoms with Crippen molar-refractivity contribution in [1.29, 1.82) is 0 Å². The van der Waals surface area contributed by atoms with Crippen LogP contribution < -0.4 is 5.69 Å². The molecule has 1 aliphatic rings. The van der Waals surface area contributed by atoms with Gasteiger partial charge in [0.1, 0.15) is 17.4 Å². The highest BCUT2D eigenvalue weighted by molar-refractivity contribution is 6.35. The molecule has 27 heavy (non-hydrogen) atoms. The monoisotopic (exact) mass is 402 g/mol. The first kappa shape index (κ1) is 17.9. The van der Waals surface area contributed by atoms with Crippen molar-refractivity contribution in [2.24, 2.45) is 4.99 Å². The van der Waals surface area contributed by atoms with Gasteiger partial charge in [-0.3, -0.25) is 9.89 Å². The third kappa shape index (κ3) is 3.18. The standard InChI is InChI=1S/C18H16Cl2N6O/c1-24(2)10-25-18(27)26-13-7-8-14(20)22-17(13)16(21-9-15(26)23-25)11-5-3-4-6-12(11)19/h3-8H,9-10H2,1-2H3. The minimum Gasteiger partial charge on any atom is -0.290 e. The van der Waals surface area contributed by atoms with Gasteiger partial charge in [-0.1, -0.05) is 41.4 Å². The van der Waals surface area contributed by atoms with Crippen LogP contribution in [0.1, 0.15) is 17.1 Å². The zero-order valence-electron chi connectivity index (χ0n) is 14.7. The Balaban J connectivity index is 1.96. The van der Waals surface area contributed by atoms with Gasteiger partial charge in [-0.2, -0.15) is 9.78 Å². The predicted octanol–water partition coefficient (Wildman–Crippen LogP) is 2.61. The molecule has 3 heterocycles. The number of rotatable bonds is 3. The molecule has 0 saturated heterocycles. The van der Waals surface area contributed by atoms with Crippen molar-refractivity contribution in [3.8, 4) is 5.69 Å². The molecule has 0 fully saturated rings. The summed E-state index contributed by atoms with van der Waals surface area (Å²) < 4.78 is 2.94. The fourth-order valence-corrected chi connectivity index (χ4v) is 3.40. The van der Waals surface area contributed by atoms with Gasteiger partial charge in [0, 0.05) is 5.56 Å². The summed E-state index contributed by atoms with van der Waals surface area (Å²) in [5.74, 6) is 0.536. The topological polar surface area (TPSA) is 68.3 Å². The van der Waals surface area contributed by atoms with Gasteiger partial charge in [0.05, 0.1) is 23.1 Å². The maximum absolute atomic E-state index is 13.0.